The minimum atomic E-state index is 0.122. The van der Waals surface area contributed by atoms with E-state index in [4.69, 9.17) is 0 Å². The van der Waals surface area contributed by atoms with Crippen LogP contribution in [0.1, 0.15) is 0 Å². The summed E-state index contributed by atoms with van der Waals surface area (Å²) in [6.07, 6.45) is 8.60. The number of nitrogens with zero attached hydrogens (tertiary/aromatic N) is 6. The van der Waals surface area contributed by atoms with Gasteiger partial charge in [-0.05, 0) is 6.07 Å². The maximum absolute atomic E-state index is 12.1. The summed E-state index contributed by atoms with van der Waals surface area (Å²) in [5, 5.41) is 0. The lowest BCUT2D eigenvalue weighted by molar-refractivity contribution is -0.132. The van der Waals surface area contributed by atoms with Crippen LogP contribution in [0.3, 0.4) is 0 Å². The van der Waals surface area contributed by atoms with Crippen LogP contribution in [-0.2, 0) is 11.3 Å². The standard InChI is InChI=1S/C13H16N6O/c20-12(10-17-5-4-14-11-17)18-6-8-19(9-7-18)13-15-2-1-3-16-13/h1-5,11H,6-10H2. The molecule has 0 aromatic carbocycles. The number of amides is 1. The summed E-state index contributed by atoms with van der Waals surface area (Å²) in [5.41, 5.74) is 0. The van der Waals surface area contributed by atoms with Crippen molar-refractivity contribution in [2.45, 2.75) is 6.54 Å². The van der Waals surface area contributed by atoms with Crippen molar-refractivity contribution in [1.82, 2.24) is 24.4 Å². The zero-order chi connectivity index (χ0) is 13.8. The Kier molecular flexibility index (Phi) is 3.58. The zero-order valence-corrected chi connectivity index (χ0v) is 11.1. The third-order valence-corrected chi connectivity index (χ3v) is 3.34. The van der Waals surface area contributed by atoms with Crippen LogP contribution in [0.4, 0.5) is 5.95 Å². The van der Waals surface area contributed by atoms with Crippen molar-refractivity contribution in [3.05, 3.63) is 37.2 Å². The molecule has 0 radical (unpaired) electrons. The van der Waals surface area contributed by atoms with Gasteiger partial charge in [0, 0.05) is 51.0 Å². The van der Waals surface area contributed by atoms with E-state index in [1.165, 1.54) is 0 Å². The first-order chi connectivity index (χ1) is 9.83. The summed E-state index contributed by atoms with van der Waals surface area (Å²) in [7, 11) is 0. The predicted octanol–water partition coefficient (Wildman–Crippen LogP) is 0.0219. The molecule has 0 spiro atoms. The van der Waals surface area contributed by atoms with E-state index >= 15 is 0 Å². The molecule has 0 unspecified atom stereocenters. The fraction of sp³-hybridized carbons (Fsp3) is 0.385. The Morgan fingerprint density at radius 1 is 1.10 bits per heavy atom. The number of aromatic nitrogens is 4. The average Bonchev–Trinajstić information content (AvgIpc) is 3.01. The van der Waals surface area contributed by atoms with Crippen LogP contribution in [0.5, 0.6) is 0 Å². The summed E-state index contributed by atoms with van der Waals surface area (Å²) in [5.74, 6) is 0.853. The number of hydrogen-bond acceptors (Lipinski definition) is 5. The maximum Gasteiger partial charge on any atom is 0.242 e. The highest BCUT2D eigenvalue weighted by Crippen LogP contribution is 2.10. The second-order valence-electron chi connectivity index (χ2n) is 4.65. The summed E-state index contributed by atoms with van der Waals surface area (Å²) in [6, 6.07) is 1.80. The molecule has 0 N–H and O–H groups in total. The predicted molar refractivity (Wildman–Crippen MR) is 73.1 cm³/mol. The second-order valence-corrected chi connectivity index (χ2v) is 4.65. The lowest BCUT2D eigenvalue weighted by atomic mass is 10.3. The number of piperazine rings is 1. The molecule has 0 saturated carbocycles. The molecule has 20 heavy (non-hydrogen) atoms. The van der Waals surface area contributed by atoms with Gasteiger partial charge in [-0.15, -0.1) is 0 Å². The minimum absolute atomic E-state index is 0.122. The van der Waals surface area contributed by atoms with E-state index in [1.54, 1.807) is 41.7 Å². The van der Waals surface area contributed by atoms with Gasteiger partial charge in [-0.25, -0.2) is 15.0 Å². The maximum atomic E-state index is 12.1. The van der Waals surface area contributed by atoms with Crippen molar-refractivity contribution in [2.75, 3.05) is 31.1 Å². The highest BCUT2D eigenvalue weighted by atomic mass is 16.2. The van der Waals surface area contributed by atoms with E-state index in [2.05, 4.69) is 19.9 Å². The molecule has 1 fully saturated rings. The Hall–Kier alpha value is -2.44. The third kappa shape index (κ3) is 2.76. The number of imidazole rings is 1. The normalized spacial score (nSPS) is 15.4. The van der Waals surface area contributed by atoms with Crippen LogP contribution in [0.25, 0.3) is 0 Å². The quantitative estimate of drug-likeness (QED) is 0.788. The van der Waals surface area contributed by atoms with E-state index in [1.807, 2.05) is 4.90 Å². The lowest BCUT2D eigenvalue weighted by Gasteiger charge is -2.34. The van der Waals surface area contributed by atoms with Crippen LogP contribution in [0.15, 0.2) is 37.2 Å². The van der Waals surface area contributed by atoms with Crippen LogP contribution in [-0.4, -0.2) is 56.5 Å². The van der Waals surface area contributed by atoms with Gasteiger partial charge >= 0.3 is 0 Å². The molecular weight excluding hydrogens is 256 g/mol. The molecular formula is C13H16N6O. The van der Waals surface area contributed by atoms with Gasteiger partial charge in [0.1, 0.15) is 6.54 Å². The van der Waals surface area contributed by atoms with Crippen LogP contribution >= 0.6 is 0 Å². The number of anilines is 1. The summed E-state index contributed by atoms with van der Waals surface area (Å²) >= 11 is 0. The van der Waals surface area contributed by atoms with Crippen molar-refractivity contribution in [3.63, 3.8) is 0 Å². The third-order valence-electron chi connectivity index (χ3n) is 3.34. The smallest absolute Gasteiger partial charge is 0.242 e. The SMILES string of the molecule is O=C(Cn1ccnc1)N1CCN(c2ncccn2)CC1. The van der Waals surface area contributed by atoms with Gasteiger partial charge < -0.3 is 14.4 Å². The molecule has 0 bridgehead atoms. The molecule has 3 heterocycles. The molecule has 1 saturated heterocycles. The molecule has 0 atom stereocenters. The molecule has 2 aromatic rings. The van der Waals surface area contributed by atoms with E-state index in [0.29, 0.717) is 19.6 Å². The van der Waals surface area contributed by atoms with Crippen molar-refractivity contribution in [3.8, 4) is 0 Å². The van der Waals surface area contributed by atoms with Crippen molar-refractivity contribution >= 4 is 11.9 Å². The molecule has 7 nitrogen and oxygen atoms in total. The van der Waals surface area contributed by atoms with Crippen LogP contribution < -0.4 is 4.90 Å². The van der Waals surface area contributed by atoms with Crippen molar-refractivity contribution in [2.24, 2.45) is 0 Å². The number of hydrogen-bond donors (Lipinski definition) is 0. The Bertz CT molecular complexity index is 548. The molecule has 104 valence electrons. The Morgan fingerprint density at radius 3 is 2.50 bits per heavy atom. The lowest BCUT2D eigenvalue weighted by Crippen LogP contribution is -2.50. The van der Waals surface area contributed by atoms with Gasteiger partial charge in [0.2, 0.25) is 11.9 Å². The summed E-state index contributed by atoms with van der Waals surface area (Å²) in [4.78, 5) is 28.5. The van der Waals surface area contributed by atoms with Gasteiger partial charge in [0.05, 0.1) is 6.33 Å². The van der Waals surface area contributed by atoms with Gasteiger partial charge in [-0.3, -0.25) is 4.79 Å². The molecule has 2 aromatic heterocycles. The van der Waals surface area contributed by atoms with Crippen molar-refractivity contribution < 1.29 is 4.79 Å². The van der Waals surface area contributed by atoms with Gasteiger partial charge in [-0.2, -0.15) is 0 Å². The molecule has 7 heteroatoms. The first-order valence-corrected chi connectivity index (χ1v) is 6.58. The minimum Gasteiger partial charge on any atom is -0.338 e. The molecule has 1 amide bonds. The van der Waals surface area contributed by atoms with Gasteiger partial charge in [0.25, 0.3) is 0 Å². The van der Waals surface area contributed by atoms with Crippen molar-refractivity contribution in [1.29, 1.82) is 0 Å². The highest BCUT2D eigenvalue weighted by molar-refractivity contribution is 5.76. The van der Waals surface area contributed by atoms with Gasteiger partial charge in [-0.1, -0.05) is 0 Å². The Labute approximate surface area is 116 Å². The van der Waals surface area contributed by atoms with E-state index in [-0.39, 0.29) is 5.91 Å². The molecule has 3 rings (SSSR count). The monoisotopic (exact) mass is 272 g/mol. The fourth-order valence-electron chi connectivity index (χ4n) is 2.25. The summed E-state index contributed by atoms with van der Waals surface area (Å²) < 4.78 is 1.79. The van der Waals surface area contributed by atoms with Crippen LogP contribution in [0, 0.1) is 0 Å². The first kappa shape index (κ1) is 12.6. The second kappa shape index (κ2) is 5.68. The first-order valence-electron chi connectivity index (χ1n) is 6.58. The average molecular weight is 272 g/mol. The molecule has 0 aliphatic carbocycles. The van der Waals surface area contributed by atoms with E-state index in [9.17, 15) is 4.79 Å². The summed E-state index contributed by atoms with van der Waals surface area (Å²) in [6.45, 7) is 3.28. The topological polar surface area (TPSA) is 67.2 Å². The molecule has 1 aliphatic rings. The molecule has 1 aliphatic heterocycles. The Balaban J connectivity index is 1.54. The number of rotatable bonds is 3. The van der Waals surface area contributed by atoms with Crippen LogP contribution in [0.2, 0.25) is 0 Å². The number of carbonyl (C=O) groups excluding carboxylic acids is 1. The largest absolute Gasteiger partial charge is 0.338 e. The van der Waals surface area contributed by atoms with E-state index in [0.717, 1.165) is 19.0 Å². The van der Waals surface area contributed by atoms with Gasteiger partial charge in [0.15, 0.2) is 0 Å². The fourth-order valence-corrected chi connectivity index (χ4v) is 2.25. The van der Waals surface area contributed by atoms with E-state index < -0.39 is 0 Å². The number of carbonyl (C=O) groups is 1. The highest BCUT2D eigenvalue weighted by Gasteiger charge is 2.22. The Morgan fingerprint density at radius 2 is 1.85 bits per heavy atom. The zero-order valence-electron chi connectivity index (χ0n) is 11.1.